The predicted molar refractivity (Wildman–Crippen MR) is 70.8 cm³/mol. The summed E-state index contributed by atoms with van der Waals surface area (Å²) in [5, 5.41) is 15.4. The monoisotopic (exact) mass is 244 g/mol. The molecule has 2 atom stereocenters. The molecule has 0 aliphatic rings. The van der Waals surface area contributed by atoms with Crippen LogP contribution in [0.5, 0.6) is 0 Å². The molecule has 0 aromatic rings. The molecule has 1 amide bonds. The number of aliphatic hydroxyl groups is 1. The molecule has 0 saturated carbocycles. The lowest BCUT2D eigenvalue weighted by Crippen LogP contribution is -2.51. The highest BCUT2D eigenvalue weighted by Gasteiger charge is 2.20. The maximum Gasteiger partial charge on any atom is 0.237 e. The quantitative estimate of drug-likeness (QED) is 0.603. The van der Waals surface area contributed by atoms with E-state index in [0.717, 1.165) is 12.8 Å². The maximum atomic E-state index is 11.9. The van der Waals surface area contributed by atoms with Gasteiger partial charge in [0.25, 0.3) is 0 Å². The molecule has 0 radical (unpaired) electrons. The van der Waals surface area contributed by atoms with Crippen LogP contribution in [0, 0.1) is 5.92 Å². The average molecular weight is 244 g/mol. The number of carbonyl (C=O) groups excluding carboxylic acids is 1. The van der Waals surface area contributed by atoms with Gasteiger partial charge in [-0.1, -0.05) is 27.7 Å². The fourth-order valence-corrected chi connectivity index (χ4v) is 1.67. The van der Waals surface area contributed by atoms with E-state index in [2.05, 4.69) is 24.5 Å². The van der Waals surface area contributed by atoms with Gasteiger partial charge in [-0.15, -0.1) is 0 Å². The number of aliphatic hydroxyl groups excluding tert-OH is 1. The van der Waals surface area contributed by atoms with Gasteiger partial charge in [-0.3, -0.25) is 4.79 Å². The van der Waals surface area contributed by atoms with Gasteiger partial charge in [-0.05, 0) is 25.7 Å². The second-order valence-corrected chi connectivity index (χ2v) is 4.94. The number of rotatable bonds is 8. The van der Waals surface area contributed by atoms with Crippen molar-refractivity contribution in [3.05, 3.63) is 0 Å². The van der Waals surface area contributed by atoms with E-state index in [1.54, 1.807) is 0 Å². The van der Waals surface area contributed by atoms with Crippen LogP contribution in [0.3, 0.4) is 0 Å². The number of hydrogen-bond donors (Lipinski definition) is 3. The Kier molecular flexibility index (Phi) is 8.17. The molecule has 4 nitrogen and oxygen atoms in total. The highest BCUT2D eigenvalue weighted by Crippen LogP contribution is 2.03. The minimum absolute atomic E-state index is 0.0119. The Morgan fingerprint density at radius 3 is 2.06 bits per heavy atom. The lowest BCUT2D eigenvalue weighted by atomic mass is 10.0. The first kappa shape index (κ1) is 16.4. The molecular weight excluding hydrogens is 216 g/mol. The van der Waals surface area contributed by atoms with Gasteiger partial charge in [0.2, 0.25) is 5.91 Å². The SMILES string of the molecule is CCC(CC)NC(=O)C(C)NC(CO)C(C)C. The summed E-state index contributed by atoms with van der Waals surface area (Å²) in [6.07, 6.45) is 1.89. The molecule has 2 unspecified atom stereocenters. The van der Waals surface area contributed by atoms with Crippen LogP contribution in [0.2, 0.25) is 0 Å². The van der Waals surface area contributed by atoms with E-state index in [4.69, 9.17) is 0 Å². The largest absolute Gasteiger partial charge is 0.395 e. The zero-order chi connectivity index (χ0) is 13.4. The molecule has 0 aromatic heterocycles. The molecule has 0 heterocycles. The van der Waals surface area contributed by atoms with Crippen LogP contribution >= 0.6 is 0 Å². The van der Waals surface area contributed by atoms with Crippen molar-refractivity contribution in [1.82, 2.24) is 10.6 Å². The van der Waals surface area contributed by atoms with Crippen molar-refractivity contribution in [2.45, 2.75) is 65.6 Å². The second kappa shape index (κ2) is 8.48. The van der Waals surface area contributed by atoms with Crippen LogP contribution in [0.1, 0.15) is 47.5 Å². The molecule has 0 aliphatic heterocycles. The summed E-state index contributed by atoms with van der Waals surface area (Å²) < 4.78 is 0. The number of amides is 1. The van der Waals surface area contributed by atoms with Gasteiger partial charge < -0.3 is 15.7 Å². The van der Waals surface area contributed by atoms with Crippen LogP contribution in [0.25, 0.3) is 0 Å². The summed E-state index contributed by atoms with van der Waals surface area (Å²) in [6, 6.07) is -0.0500. The summed E-state index contributed by atoms with van der Waals surface area (Å²) in [5.74, 6) is 0.321. The Balaban J connectivity index is 4.20. The van der Waals surface area contributed by atoms with Crippen molar-refractivity contribution < 1.29 is 9.90 Å². The molecule has 3 N–H and O–H groups in total. The third kappa shape index (κ3) is 6.03. The van der Waals surface area contributed by atoms with Crippen LogP contribution in [0.15, 0.2) is 0 Å². The van der Waals surface area contributed by atoms with Crippen molar-refractivity contribution in [3.63, 3.8) is 0 Å². The molecule has 0 rings (SSSR count). The molecular formula is C13H28N2O2. The summed E-state index contributed by atoms with van der Waals surface area (Å²) in [7, 11) is 0. The molecule has 0 saturated heterocycles. The van der Waals surface area contributed by atoms with Crippen molar-refractivity contribution in [3.8, 4) is 0 Å². The minimum atomic E-state index is -0.268. The Hall–Kier alpha value is -0.610. The summed E-state index contributed by atoms with van der Waals surface area (Å²) in [4.78, 5) is 11.9. The Morgan fingerprint density at radius 1 is 1.18 bits per heavy atom. The van der Waals surface area contributed by atoms with Gasteiger partial charge in [-0.25, -0.2) is 0 Å². The average Bonchev–Trinajstić information content (AvgIpc) is 2.31. The van der Waals surface area contributed by atoms with Gasteiger partial charge >= 0.3 is 0 Å². The van der Waals surface area contributed by atoms with E-state index >= 15 is 0 Å². The first-order valence-electron chi connectivity index (χ1n) is 6.63. The van der Waals surface area contributed by atoms with Crippen LogP contribution in [-0.4, -0.2) is 35.7 Å². The lowest BCUT2D eigenvalue weighted by Gasteiger charge is -2.25. The Morgan fingerprint density at radius 2 is 1.71 bits per heavy atom. The molecule has 0 aromatic carbocycles. The van der Waals surface area contributed by atoms with E-state index in [0.29, 0.717) is 5.92 Å². The normalized spacial score (nSPS) is 15.1. The fraction of sp³-hybridized carbons (Fsp3) is 0.923. The highest BCUT2D eigenvalue weighted by atomic mass is 16.3. The van der Waals surface area contributed by atoms with Crippen LogP contribution in [0.4, 0.5) is 0 Å². The van der Waals surface area contributed by atoms with E-state index in [1.165, 1.54) is 0 Å². The first-order chi connectivity index (χ1) is 7.96. The number of hydrogen-bond acceptors (Lipinski definition) is 3. The molecule has 4 heteroatoms. The number of nitrogens with one attached hydrogen (secondary N) is 2. The fourth-order valence-electron chi connectivity index (χ4n) is 1.67. The third-order valence-electron chi connectivity index (χ3n) is 3.19. The van der Waals surface area contributed by atoms with Crippen molar-refractivity contribution in [1.29, 1.82) is 0 Å². The van der Waals surface area contributed by atoms with E-state index in [9.17, 15) is 9.90 Å². The van der Waals surface area contributed by atoms with E-state index < -0.39 is 0 Å². The summed E-state index contributed by atoms with van der Waals surface area (Å²) in [5.41, 5.74) is 0. The smallest absolute Gasteiger partial charge is 0.237 e. The van der Waals surface area contributed by atoms with Crippen molar-refractivity contribution in [2.24, 2.45) is 5.92 Å². The molecule has 0 fully saturated rings. The molecule has 0 spiro atoms. The molecule has 0 bridgehead atoms. The van der Waals surface area contributed by atoms with Gasteiger partial charge in [-0.2, -0.15) is 0 Å². The van der Waals surface area contributed by atoms with Gasteiger partial charge in [0, 0.05) is 12.1 Å². The van der Waals surface area contributed by atoms with Crippen molar-refractivity contribution >= 4 is 5.91 Å². The van der Waals surface area contributed by atoms with Gasteiger partial charge in [0.05, 0.1) is 12.6 Å². The minimum Gasteiger partial charge on any atom is -0.395 e. The lowest BCUT2D eigenvalue weighted by molar-refractivity contribution is -0.123. The molecule has 0 aliphatic carbocycles. The van der Waals surface area contributed by atoms with Crippen LogP contribution in [-0.2, 0) is 4.79 Å². The van der Waals surface area contributed by atoms with E-state index in [-0.39, 0.29) is 30.6 Å². The first-order valence-corrected chi connectivity index (χ1v) is 6.63. The van der Waals surface area contributed by atoms with Crippen molar-refractivity contribution in [2.75, 3.05) is 6.61 Å². The number of carbonyl (C=O) groups is 1. The standard InChI is InChI=1S/C13H28N2O2/c1-6-11(7-2)15-13(17)10(5)14-12(8-16)9(3)4/h9-12,14,16H,6-8H2,1-5H3,(H,15,17). The zero-order valence-electron chi connectivity index (χ0n) is 11.8. The zero-order valence-corrected chi connectivity index (χ0v) is 11.8. The van der Waals surface area contributed by atoms with Crippen LogP contribution < -0.4 is 10.6 Å². The summed E-state index contributed by atoms with van der Waals surface area (Å²) >= 11 is 0. The van der Waals surface area contributed by atoms with Gasteiger partial charge in [0.1, 0.15) is 0 Å². The van der Waals surface area contributed by atoms with Gasteiger partial charge in [0.15, 0.2) is 0 Å². The third-order valence-corrected chi connectivity index (χ3v) is 3.19. The predicted octanol–water partition coefficient (Wildman–Crippen LogP) is 1.29. The Bertz CT molecular complexity index is 215. The highest BCUT2D eigenvalue weighted by molar-refractivity contribution is 5.81. The summed E-state index contributed by atoms with van der Waals surface area (Å²) in [6.45, 7) is 10.1. The van der Waals surface area contributed by atoms with E-state index in [1.807, 2.05) is 20.8 Å². The molecule has 17 heavy (non-hydrogen) atoms. The Labute approximate surface area is 105 Å². The topological polar surface area (TPSA) is 61.4 Å². The second-order valence-electron chi connectivity index (χ2n) is 4.94. The maximum absolute atomic E-state index is 11.9. The molecule has 102 valence electrons.